The van der Waals surface area contributed by atoms with Crippen molar-refractivity contribution in [2.24, 2.45) is 0 Å². The Kier molecular flexibility index (Phi) is 7.09. The number of methoxy groups -OCH3 is 1. The first-order chi connectivity index (χ1) is 15.6. The zero-order valence-corrected chi connectivity index (χ0v) is 18.5. The van der Waals surface area contributed by atoms with Crippen molar-refractivity contribution in [2.45, 2.75) is 13.0 Å². The van der Waals surface area contributed by atoms with E-state index in [0.717, 1.165) is 41.7 Å². The van der Waals surface area contributed by atoms with Gasteiger partial charge < -0.3 is 24.5 Å². The molecule has 1 aliphatic heterocycles. The molecule has 0 spiro atoms. The van der Waals surface area contributed by atoms with Gasteiger partial charge in [-0.3, -0.25) is 9.69 Å². The van der Waals surface area contributed by atoms with E-state index in [1.807, 2.05) is 67.6 Å². The van der Waals surface area contributed by atoms with Gasteiger partial charge in [-0.15, -0.1) is 0 Å². The summed E-state index contributed by atoms with van der Waals surface area (Å²) in [6.07, 6.45) is 0. The molecule has 1 atom stereocenters. The Bertz CT molecular complexity index is 1030. The molecular weight excluding hydrogens is 406 g/mol. The van der Waals surface area contributed by atoms with Crippen LogP contribution in [0.2, 0.25) is 0 Å². The average Bonchev–Trinajstić information content (AvgIpc) is 3.26. The first-order valence-corrected chi connectivity index (χ1v) is 10.8. The Morgan fingerprint density at radius 2 is 1.81 bits per heavy atom. The van der Waals surface area contributed by atoms with Crippen LogP contribution in [0, 0.1) is 6.92 Å². The van der Waals surface area contributed by atoms with Gasteiger partial charge in [0.25, 0.3) is 5.91 Å². The van der Waals surface area contributed by atoms with Crippen LogP contribution < -0.4 is 15.4 Å². The van der Waals surface area contributed by atoms with Gasteiger partial charge in [-0.25, -0.2) is 0 Å². The number of aryl methyl sites for hydroxylation is 1. The number of para-hydroxylation sites is 1. The number of rotatable bonds is 8. The van der Waals surface area contributed by atoms with Gasteiger partial charge >= 0.3 is 0 Å². The number of hydrogen-bond acceptors (Lipinski definition) is 6. The second kappa shape index (κ2) is 10.3. The van der Waals surface area contributed by atoms with Crippen LogP contribution in [0.25, 0.3) is 0 Å². The number of nitrogens with zero attached hydrogens (tertiary/aromatic N) is 1. The lowest BCUT2D eigenvalue weighted by atomic mass is 10.1. The molecule has 1 unspecified atom stereocenters. The zero-order valence-electron chi connectivity index (χ0n) is 18.5. The minimum absolute atomic E-state index is 0.0433. The topological polar surface area (TPSA) is 76.0 Å². The summed E-state index contributed by atoms with van der Waals surface area (Å²) < 4.78 is 16.6. The van der Waals surface area contributed by atoms with E-state index in [1.165, 1.54) is 0 Å². The molecule has 1 aliphatic rings. The monoisotopic (exact) mass is 435 g/mol. The van der Waals surface area contributed by atoms with E-state index >= 15 is 0 Å². The molecule has 0 radical (unpaired) electrons. The van der Waals surface area contributed by atoms with Gasteiger partial charge in [-0.1, -0.05) is 12.1 Å². The second-order valence-corrected chi connectivity index (χ2v) is 7.72. The van der Waals surface area contributed by atoms with E-state index in [0.29, 0.717) is 25.3 Å². The summed E-state index contributed by atoms with van der Waals surface area (Å²) in [6, 6.07) is 19.0. The molecule has 7 heteroatoms. The number of nitrogens with one attached hydrogen (secondary N) is 2. The third-order valence-electron chi connectivity index (χ3n) is 5.57. The Labute approximate surface area is 188 Å². The molecule has 0 saturated carbocycles. The SMILES string of the molecule is COc1ccc(Nc2ccccc2C(=O)NCC(c2ccc(C)o2)N2CCOCC2)cc1. The lowest BCUT2D eigenvalue weighted by Gasteiger charge is -2.33. The van der Waals surface area contributed by atoms with Crippen molar-refractivity contribution in [1.29, 1.82) is 0 Å². The maximum absolute atomic E-state index is 13.1. The molecule has 1 fully saturated rings. The average molecular weight is 436 g/mol. The highest BCUT2D eigenvalue weighted by Gasteiger charge is 2.26. The molecule has 3 aromatic rings. The van der Waals surface area contributed by atoms with Gasteiger partial charge in [0.2, 0.25) is 0 Å². The molecule has 32 heavy (non-hydrogen) atoms. The first kappa shape index (κ1) is 21.9. The van der Waals surface area contributed by atoms with E-state index in [-0.39, 0.29) is 11.9 Å². The van der Waals surface area contributed by atoms with Gasteiger partial charge in [-0.2, -0.15) is 0 Å². The normalized spacial score (nSPS) is 15.2. The maximum atomic E-state index is 13.1. The standard InChI is InChI=1S/C25H29N3O4/c1-18-7-12-24(32-18)23(28-13-15-31-16-14-28)17-26-25(29)21-5-3-4-6-22(21)27-19-8-10-20(30-2)11-9-19/h3-12,23,27H,13-17H2,1-2H3,(H,26,29). The number of carbonyl (C=O) groups excluding carboxylic acids is 1. The highest BCUT2D eigenvalue weighted by molar-refractivity contribution is 6.00. The number of ether oxygens (including phenoxy) is 2. The maximum Gasteiger partial charge on any atom is 0.253 e. The van der Waals surface area contributed by atoms with Crippen LogP contribution in [0.5, 0.6) is 5.75 Å². The number of hydrogen-bond donors (Lipinski definition) is 2. The molecule has 1 amide bonds. The van der Waals surface area contributed by atoms with Crippen molar-refractivity contribution in [3.63, 3.8) is 0 Å². The molecule has 7 nitrogen and oxygen atoms in total. The molecule has 0 bridgehead atoms. The zero-order chi connectivity index (χ0) is 22.3. The van der Waals surface area contributed by atoms with Crippen molar-refractivity contribution in [2.75, 3.05) is 45.3 Å². The number of amides is 1. The van der Waals surface area contributed by atoms with Gasteiger partial charge in [0.1, 0.15) is 17.3 Å². The number of anilines is 2. The number of benzene rings is 2. The van der Waals surface area contributed by atoms with Crippen LogP contribution in [0.3, 0.4) is 0 Å². The van der Waals surface area contributed by atoms with E-state index in [2.05, 4.69) is 15.5 Å². The summed E-state index contributed by atoms with van der Waals surface area (Å²) >= 11 is 0. The van der Waals surface area contributed by atoms with Gasteiger partial charge in [0, 0.05) is 25.3 Å². The largest absolute Gasteiger partial charge is 0.497 e. The van der Waals surface area contributed by atoms with Crippen molar-refractivity contribution in [3.05, 3.63) is 77.7 Å². The summed E-state index contributed by atoms with van der Waals surface area (Å²) in [6.45, 7) is 5.34. The molecular formula is C25H29N3O4. The van der Waals surface area contributed by atoms with Gasteiger partial charge in [0.05, 0.1) is 37.6 Å². The molecule has 0 aliphatic carbocycles. The molecule has 1 saturated heterocycles. The summed E-state index contributed by atoms with van der Waals surface area (Å²) in [5.41, 5.74) is 2.20. The fraction of sp³-hybridized carbons (Fsp3) is 0.320. The quantitative estimate of drug-likeness (QED) is 0.554. The molecule has 4 rings (SSSR count). The molecule has 2 aromatic carbocycles. The van der Waals surface area contributed by atoms with E-state index in [1.54, 1.807) is 7.11 Å². The highest BCUT2D eigenvalue weighted by Crippen LogP contribution is 2.25. The van der Waals surface area contributed by atoms with Crippen molar-refractivity contribution in [1.82, 2.24) is 10.2 Å². The van der Waals surface area contributed by atoms with E-state index < -0.39 is 0 Å². The Morgan fingerprint density at radius 1 is 1.06 bits per heavy atom. The van der Waals surface area contributed by atoms with Crippen LogP contribution in [0.1, 0.15) is 27.9 Å². The highest BCUT2D eigenvalue weighted by atomic mass is 16.5. The van der Waals surface area contributed by atoms with Crippen LogP contribution >= 0.6 is 0 Å². The van der Waals surface area contributed by atoms with Crippen LogP contribution in [-0.4, -0.2) is 50.8 Å². The number of morpholine rings is 1. The van der Waals surface area contributed by atoms with Crippen LogP contribution in [0.15, 0.2) is 65.1 Å². The predicted molar refractivity (Wildman–Crippen MR) is 124 cm³/mol. The van der Waals surface area contributed by atoms with Crippen molar-refractivity contribution >= 4 is 17.3 Å². The van der Waals surface area contributed by atoms with Crippen molar-refractivity contribution < 1.29 is 18.7 Å². The molecule has 1 aromatic heterocycles. The molecule has 2 N–H and O–H groups in total. The first-order valence-electron chi connectivity index (χ1n) is 10.8. The minimum atomic E-state index is -0.136. The molecule has 2 heterocycles. The van der Waals surface area contributed by atoms with Crippen LogP contribution in [-0.2, 0) is 4.74 Å². The fourth-order valence-corrected chi connectivity index (χ4v) is 3.84. The Balaban J connectivity index is 1.47. The third kappa shape index (κ3) is 5.30. The van der Waals surface area contributed by atoms with Gasteiger partial charge in [0.15, 0.2) is 0 Å². The predicted octanol–water partition coefficient (Wildman–Crippen LogP) is 4.14. The number of carbonyl (C=O) groups is 1. The second-order valence-electron chi connectivity index (χ2n) is 7.72. The lowest BCUT2D eigenvalue weighted by molar-refractivity contribution is 0.0117. The summed E-state index contributed by atoms with van der Waals surface area (Å²) in [5.74, 6) is 2.36. The fourth-order valence-electron chi connectivity index (χ4n) is 3.84. The summed E-state index contributed by atoms with van der Waals surface area (Å²) in [5, 5.41) is 6.44. The number of furan rings is 1. The van der Waals surface area contributed by atoms with Crippen molar-refractivity contribution in [3.8, 4) is 5.75 Å². The summed E-state index contributed by atoms with van der Waals surface area (Å²) in [4.78, 5) is 15.4. The summed E-state index contributed by atoms with van der Waals surface area (Å²) in [7, 11) is 1.64. The van der Waals surface area contributed by atoms with E-state index in [4.69, 9.17) is 13.9 Å². The van der Waals surface area contributed by atoms with Crippen LogP contribution in [0.4, 0.5) is 11.4 Å². The lowest BCUT2D eigenvalue weighted by Crippen LogP contribution is -2.43. The Hall–Kier alpha value is -3.29. The smallest absolute Gasteiger partial charge is 0.253 e. The molecule has 168 valence electrons. The van der Waals surface area contributed by atoms with Gasteiger partial charge in [-0.05, 0) is 55.5 Å². The third-order valence-corrected chi connectivity index (χ3v) is 5.57. The Morgan fingerprint density at radius 3 is 2.50 bits per heavy atom. The minimum Gasteiger partial charge on any atom is -0.497 e. The van der Waals surface area contributed by atoms with E-state index in [9.17, 15) is 4.79 Å².